The second-order valence-corrected chi connectivity index (χ2v) is 6.88. The second-order valence-electron chi connectivity index (χ2n) is 6.88. The predicted octanol–water partition coefficient (Wildman–Crippen LogP) is 1.39. The highest BCUT2D eigenvalue weighted by Crippen LogP contribution is 2.36. The number of nitrogen functional groups attached to an aromatic ring is 1. The molecule has 0 aliphatic rings. The molecule has 14 heteroatoms. The van der Waals surface area contributed by atoms with E-state index in [0.29, 0.717) is 16.9 Å². The van der Waals surface area contributed by atoms with E-state index in [4.69, 9.17) is 19.9 Å². The van der Waals surface area contributed by atoms with Crippen molar-refractivity contribution < 1.29 is 28.7 Å². The highest BCUT2D eigenvalue weighted by molar-refractivity contribution is 5.99. The van der Waals surface area contributed by atoms with Crippen molar-refractivity contribution in [3.8, 4) is 40.1 Å². The highest BCUT2D eigenvalue weighted by atomic mass is 16.6. The van der Waals surface area contributed by atoms with Gasteiger partial charge in [0.15, 0.2) is 17.2 Å². The lowest BCUT2D eigenvalue weighted by Crippen LogP contribution is -2.19. The number of nitrogens with zero attached hydrogens (tertiary/aromatic N) is 6. The van der Waals surface area contributed by atoms with Gasteiger partial charge in [-0.15, -0.1) is 5.10 Å². The second kappa shape index (κ2) is 9.78. The summed E-state index contributed by atoms with van der Waals surface area (Å²) in [6.45, 7) is 0. The molecule has 4 rings (SSSR count). The molecule has 0 aliphatic heterocycles. The minimum atomic E-state index is -0.668. The van der Waals surface area contributed by atoms with Gasteiger partial charge in [0.1, 0.15) is 11.4 Å². The van der Waals surface area contributed by atoms with Crippen LogP contribution in [0.2, 0.25) is 0 Å². The van der Waals surface area contributed by atoms with Crippen LogP contribution >= 0.6 is 0 Å². The summed E-state index contributed by atoms with van der Waals surface area (Å²) in [5.74, 6) is 0.0929. The van der Waals surface area contributed by atoms with Crippen LogP contribution in [0.25, 0.3) is 17.1 Å². The maximum atomic E-state index is 13.0. The monoisotopic (exact) mass is 480 g/mol. The molecule has 4 aromatic rings. The van der Waals surface area contributed by atoms with Gasteiger partial charge < -0.3 is 25.1 Å². The number of aromatic hydroxyl groups is 1. The Labute approximate surface area is 197 Å². The SMILES string of the molecule is COc1cccc(-c2c(C(=O)N/N=C\c3cc(OC)c(O)c(OC)c3)nnn2-c2nonc2N)c1. The molecule has 2 aromatic carbocycles. The van der Waals surface area contributed by atoms with Crippen LogP contribution in [0.4, 0.5) is 5.82 Å². The summed E-state index contributed by atoms with van der Waals surface area (Å²) in [5.41, 5.74) is 9.44. The van der Waals surface area contributed by atoms with Crippen LogP contribution in [-0.4, -0.2) is 63.9 Å². The first-order chi connectivity index (χ1) is 17.0. The third-order valence-electron chi connectivity index (χ3n) is 4.81. The highest BCUT2D eigenvalue weighted by Gasteiger charge is 2.25. The Morgan fingerprint density at radius 2 is 1.89 bits per heavy atom. The summed E-state index contributed by atoms with van der Waals surface area (Å²) in [5, 5.41) is 29.3. The number of ether oxygens (including phenoxy) is 3. The minimum Gasteiger partial charge on any atom is -0.502 e. The van der Waals surface area contributed by atoms with Crippen molar-refractivity contribution in [3.63, 3.8) is 0 Å². The van der Waals surface area contributed by atoms with Crippen molar-refractivity contribution in [1.82, 2.24) is 30.7 Å². The quantitative estimate of drug-likeness (QED) is 0.244. The van der Waals surface area contributed by atoms with Gasteiger partial charge in [-0.2, -0.15) is 9.78 Å². The standard InChI is InChI=1S/C21H20N8O6/c1-32-13-6-4-5-12(9-13)17-16(24-28-29(17)20-19(22)26-35-27-20)21(31)25-23-10-11-7-14(33-2)18(30)15(8-11)34-3/h4-10,30H,1-3H3,(H2,22,26)(H,25,31)/b23-10-. The Morgan fingerprint density at radius 3 is 2.51 bits per heavy atom. The summed E-state index contributed by atoms with van der Waals surface area (Å²) in [7, 11) is 4.32. The van der Waals surface area contributed by atoms with Crippen molar-refractivity contribution in [1.29, 1.82) is 0 Å². The van der Waals surface area contributed by atoms with E-state index < -0.39 is 5.91 Å². The summed E-state index contributed by atoms with van der Waals surface area (Å²) in [4.78, 5) is 13.0. The number of rotatable bonds is 8. The Hall–Kier alpha value is -5.14. The molecular weight excluding hydrogens is 460 g/mol. The molecule has 4 N–H and O–H groups in total. The molecule has 0 saturated heterocycles. The molecule has 0 fully saturated rings. The van der Waals surface area contributed by atoms with Crippen LogP contribution in [-0.2, 0) is 0 Å². The average Bonchev–Trinajstić information content (AvgIpc) is 3.50. The summed E-state index contributed by atoms with van der Waals surface area (Å²) < 4.78 is 21.4. The molecule has 2 aromatic heterocycles. The zero-order valence-electron chi connectivity index (χ0n) is 18.8. The molecule has 0 aliphatic carbocycles. The first-order valence-electron chi connectivity index (χ1n) is 9.93. The van der Waals surface area contributed by atoms with Gasteiger partial charge in [-0.1, -0.05) is 17.3 Å². The van der Waals surface area contributed by atoms with Crippen molar-refractivity contribution in [2.24, 2.45) is 5.10 Å². The van der Waals surface area contributed by atoms with E-state index in [2.05, 4.69) is 35.8 Å². The van der Waals surface area contributed by atoms with Crippen molar-refractivity contribution in [2.75, 3.05) is 27.1 Å². The molecule has 1 amide bonds. The number of benzene rings is 2. The van der Waals surface area contributed by atoms with Gasteiger partial charge in [-0.05, 0) is 34.6 Å². The summed E-state index contributed by atoms with van der Waals surface area (Å²) in [6.07, 6.45) is 1.34. The van der Waals surface area contributed by atoms with Gasteiger partial charge in [0.2, 0.25) is 17.4 Å². The number of nitrogens with one attached hydrogen (secondary N) is 1. The molecule has 0 bridgehead atoms. The Kier molecular flexibility index (Phi) is 6.44. The lowest BCUT2D eigenvalue weighted by atomic mass is 10.1. The lowest BCUT2D eigenvalue weighted by molar-refractivity contribution is 0.0950. The summed E-state index contributed by atoms with van der Waals surface area (Å²) >= 11 is 0. The van der Waals surface area contributed by atoms with Gasteiger partial charge in [-0.25, -0.2) is 10.1 Å². The van der Waals surface area contributed by atoms with Crippen LogP contribution in [0.1, 0.15) is 16.1 Å². The number of anilines is 1. The molecule has 0 atom stereocenters. The Balaban J connectivity index is 1.68. The van der Waals surface area contributed by atoms with Gasteiger partial charge >= 0.3 is 0 Å². The van der Waals surface area contributed by atoms with Gasteiger partial charge in [-0.3, -0.25) is 4.79 Å². The maximum Gasteiger partial charge on any atom is 0.294 e. The number of carbonyl (C=O) groups is 1. The van der Waals surface area contributed by atoms with Crippen molar-refractivity contribution in [3.05, 3.63) is 47.7 Å². The Morgan fingerprint density at radius 1 is 1.14 bits per heavy atom. The number of carbonyl (C=O) groups excluding carboxylic acids is 1. The smallest absolute Gasteiger partial charge is 0.294 e. The molecular formula is C21H20N8O6. The fourth-order valence-electron chi connectivity index (χ4n) is 3.16. The van der Waals surface area contributed by atoms with Crippen LogP contribution in [0.5, 0.6) is 23.0 Å². The number of hydrogen-bond acceptors (Lipinski definition) is 12. The van der Waals surface area contributed by atoms with Crippen LogP contribution in [0, 0.1) is 0 Å². The summed E-state index contributed by atoms with van der Waals surface area (Å²) in [6, 6.07) is 9.94. The number of phenols is 1. The normalized spacial score (nSPS) is 10.9. The number of phenolic OH excluding ortho intramolecular Hbond substituents is 1. The number of methoxy groups -OCH3 is 3. The molecule has 0 unspecified atom stereocenters. The number of aromatic nitrogens is 5. The molecule has 180 valence electrons. The van der Waals surface area contributed by atoms with E-state index in [0.717, 1.165) is 0 Å². The van der Waals surface area contributed by atoms with Crippen LogP contribution in [0.3, 0.4) is 0 Å². The largest absolute Gasteiger partial charge is 0.502 e. The topological polar surface area (TPSA) is 185 Å². The van der Waals surface area contributed by atoms with Gasteiger partial charge in [0, 0.05) is 11.1 Å². The number of nitrogens with two attached hydrogens (primary N) is 1. The van der Waals surface area contributed by atoms with Crippen molar-refractivity contribution in [2.45, 2.75) is 0 Å². The van der Waals surface area contributed by atoms with Gasteiger partial charge in [0.25, 0.3) is 5.91 Å². The van der Waals surface area contributed by atoms with Crippen LogP contribution in [0.15, 0.2) is 46.1 Å². The van der Waals surface area contributed by atoms with Gasteiger partial charge in [0.05, 0.1) is 27.5 Å². The van der Waals surface area contributed by atoms with E-state index in [9.17, 15) is 9.90 Å². The van der Waals surface area contributed by atoms with E-state index in [1.165, 1.54) is 44.4 Å². The molecule has 0 radical (unpaired) electrons. The van der Waals surface area contributed by atoms with E-state index in [-0.39, 0.29) is 40.3 Å². The zero-order chi connectivity index (χ0) is 24.9. The third-order valence-corrected chi connectivity index (χ3v) is 4.81. The van der Waals surface area contributed by atoms with E-state index in [1.807, 2.05) is 0 Å². The molecule has 35 heavy (non-hydrogen) atoms. The minimum absolute atomic E-state index is 0.0424. The van der Waals surface area contributed by atoms with Crippen LogP contribution < -0.4 is 25.4 Å². The number of amides is 1. The Bertz CT molecular complexity index is 1370. The molecule has 14 nitrogen and oxygen atoms in total. The predicted molar refractivity (Wildman–Crippen MR) is 122 cm³/mol. The fraction of sp³-hybridized carbons (Fsp3) is 0.143. The number of hydrogen-bond donors (Lipinski definition) is 3. The molecule has 0 saturated carbocycles. The zero-order valence-corrected chi connectivity index (χ0v) is 18.8. The third kappa shape index (κ3) is 4.52. The fourth-order valence-corrected chi connectivity index (χ4v) is 3.16. The van der Waals surface area contributed by atoms with E-state index in [1.54, 1.807) is 24.3 Å². The maximum absolute atomic E-state index is 13.0. The molecule has 2 heterocycles. The first-order valence-corrected chi connectivity index (χ1v) is 9.93. The van der Waals surface area contributed by atoms with E-state index >= 15 is 0 Å². The molecule has 0 spiro atoms. The first kappa shape index (κ1) is 23.0. The average molecular weight is 480 g/mol. The lowest BCUT2D eigenvalue weighted by Gasteiger charge is -2.09. The van der Waals surface area contributed by atoms with Crippen molar-refractivity contribution >= 4 is 17.9 Å². The number of hydrazone groups is 1.